The normalized spacial score (nSPS) is 15.3. The molecule has 1 aliphatic carbocycles. The van der Waals surface area contributed by atoms with E-state index in [1.165, 1.54) is 24.1 Å². The average Bonchev–Trinajstić information content (AvgIpc) is 2.95. The van der Waals surface area contributed by atoms with E-state index in [-0.39, 0.29) is 0 Å². The molecule has 82 valence electrons. The number of aromatic nitrogens is 2. The summed E-state index contributed by atoms with van der Waals surface area (Å²) in [6.45, 7) is 2.05. The van der Waals surface area contributed by atoms with Gasteiger partial charge in [-0.05, 0) is 49.6 Å². The number of benzene rings is 1. The van der Waals surface area contributed by atoms with Crippen LogP contribution in [0.1, 0.15) is 30.0 Å². The Bertz CT molecular complexity index is 503. The second-order valence-electron chi connectivity index (χ2n) is 4.56. The van der Waals surface area contributed by atoms with Gasteiger partial charge in [0.1, 0.15) is 0 Å². The molecule has 1 fully saturated rings. The molecule has 1 aromatic carbocycles. The molecule has 16 heavy (non-hydrogen) atoms. The standard InChI is InChI=1S/C13H15N3/c1-9-6-11(14)8-12(7-9)16-5-4-13(15-16)10-2-3-10/h4-8,10H,2-3,14H2,1H3. The molecule has 1 saturated carbocycles. The Labute approximate surface area is 94.9 Å². The van der Waals surface area contributed by atoms with Crippen LogP contribution < -0.4 is 5.73 Å². The topological polar surface area (TPSA) is 43.8 Å². The summed E-state index contributed by atoms with van der Waals surface area (Å²) in [6, 6.07) is 8.13. The van der Waals surface area contributed by atoms with Gasteiger partial charge in [0, 0.05) is 17.8 Å². The number of aryl methyl sites for hydroxylation is 1. The van der Waals surface area contributed by atoms with Gasteiger partial charge in [0.25, 0.3) is 0 Å². The summed E-state index contributed by atoms with van der Waals surface area (Å²) in [5.41, 5.74) is 10.0. The van der Waals surface area contributed by atoms with Gasteiger partial charge in [-0.3, -0.25) is 0 Å². The van der Waals surface area contributed by atoms with E-state index in [9.17, 15) is 0 Å². The predicted octanol–water partition coefficient (Wildman–Crippen LogP) is 2.64. The summed E-state index contributed by atoms with van der Waals surface area (Å²) in [6.07, 6.45) is 4.59. The molecule has 0 bridgehead atoms. The lowest BCUT2D eigenvalue weighted by Gasteiger charge is -2.04. The highest BCUT2D eigenvalue weighted by atomic mass is 15.3. The van der Waals surface area contributed by atoms with Crippen LogP contribution >= 0.6 is 0 Å². The van der Waals surface area contributed by atoms with Crippen molar-refractivity contribution in [3.05, 3.63) is 41.7 Å². The molecule has 0 amide bonds. The largest absolute Gasteiger partial charge is 0.399 e. The molecule has 0 aliphatic heterocycles. The van der Waals surface area contributed by atoms with Gasteiger partial charge < -0.3 is 5.73 Å². The number of hydrogen-bond acceptors (Lipinski definition) is 2. The summed E-state index contributed by atoms with van der Waals surface area (Å²) >= 11 is 0. The zero-order valence-electron chi connectivity index (χ0n) is 9.35. The summed E-state index contributed by atoms with van der Waals surface area (Å²) in [7, 11) is 0. The quantitative estimate of drug-likeness (QED) is 0.779. The van der Waals surface area contributed by atoms with Crippen LogP contribution in [-0.2, 0) is 0 Å². The first-order chi connectivity index (χ1) is 7.72. The van der Waals surface area contributed by atoms with Crippen molar-refractivity contribution < 1.29 is 0 Å². The Kier molecular flexibility index (Phi) is 1.99. The van der Waals surface area contributed by atoms with Crippen LogP contribution in [0.15, 0.2) is 30.5 Å². The second-order valence-corrected chi connectivity index (χ2v) is 4.56. The van der Waals surface area contributed by atoms with Crippen LogP contribution in [0.3, 0.4) is 0 Å². The Morgan fingerprint density at radius 2 is 2.12 bits per heavy atom. The van der Waals surface area contributed by atoms with Gasteiger partial charge in [-0.2, -0.15) is 5.10 Å². The van der Waals surface area contributed by atoms with Crippen molar-refractivity contribution in [3.63, 3.8) is 0 Å². The van der Waals surface area contributed by atoms with Gasteiger partial charge in [0.15, 0.2) is 0 Å². The van der Waals surface area contributed by atoms with Gasteiger partial charge in [0.05, 0.1) is 11.4 Å². The highest BCUT2D eigenvalue weighted by molar-refractivity contribution is 5.50. The van der Waals surface area contributed by atoms with Gasteiger partial charge in [-0.15, -0.1) is 0 Å². The summed E-state index contributed by atoms with van der Waals surface area (Å²) < 4.78 is 1.91. The van der Waals surface area contributed by atoms with E-state index in [1.807, 2.05) is 29.9 Å². The van der Waals surface area contributed by atoms with Crippen LogP contribution in [0.25, 0.3) is 5.69 Å². The first kappa shape index (κ1) is 9.46. The number of nitrogen functional groups attached to an aromatic ring is 1. The molecule has 0 radical (unpaired) electrons. The van der Waals surface area contributed by atoms with E-state index in [4.69, 9.17) is 5.73 Å². The lowest BCUT2D eigenvalue weighted by Crippen LogP contribution is -1.98. The van der Waals surface area contributed by atoms with Gasteiger partial charge in [0.2, 0.25) is 0 Å². The summed E-state index contributed by atoms with van der Waals surface area (Å²) in [5, 5.41) is 4.59. The average molecular weight is 213 g/mol. The smallest absolute Gasteiger partial charge is 0.0668 e. The molecule has 0 spiro atoms. The van der Waals surface area contributed by atoms with Crippen molar-refractivity contribution in [1.29, 1.82) is 0 Å². The molecule has 3 nitrogen and oxygen atoms in total. The SMILES string of the molecule is Cc1cc(N)cc(-n2ccc(C3CC3)n2)c1. The third-order valence-corrected chi connectivity index (χ3v) is 2.95. The molecule has 0 unspecified atom stereocenters. The fourth-order valence-corrected chi connectivity index (χ4v) is 2.00. The first-order valence-corrected chi connectivity index (χ1v) is 5.65. The van der Waals surface area contributed by atoms with E-state index in [2.05, 4.69) is 17.2 Å². The lowest BCUT2D eigenvalue weighted by molar-refractivity contribution is 0.837. The summed E-state index contributed by atoms with van der Waals surface area (Å²) in [5.74, 6) is 0.698. The first-order valence-electron chi connectivity index (χ1n) is 5.65. The number of nitrogens with zero attached hydrogens (tertiary/aromatic N) is 2. The van der Waals surface area contributed by atoms with Crippen LogP contribution in [0, 0.1) is 6.92 Å². The Hall–Kier alpha value is -1.77. The van der Waals surface area contributed by atoms with Gasteiger partial charge in [-0.1, -0.05) is 0 Å². The monoisotopic (exact) mass is 213 g/mol. The zero-order chi connectivity index (χ0) is 11.1. The summed E-state index contributed by atoms with van der Waals surface area (Å²) in [4.78, 5) is 0. The zero-order valence-corrected chi connectivity index (χ0v) is 9.35. The van der Waals surface area contributed by atoms with Gasteiger partial charge in [-0.25, -0.2) is 4.68 Å². The Balaban J connectivity index is 2.00. The molecule has 3 rings (SSSR count). The molecule has 1 aliphatic rings. The van der Waals surface area contributed by atoms with Crippen molar-refractivity contribution in [1.82, 2.24) is 9.78 Å². The number of anilines is 1. The number of hydrogen-bond donors (Lipinski definition) is 1. The minimum absolute atomic E-state index is 0.698. The maximum atomic E-state index is 5.83. The molecule has 2 aromatic rings. The van der Waals surface area contributed by atoms with E-state index in [1.54, 1.807) is 0 Å². The second kappa shape index (κ2) is 3.37. The third-order valence-electron chi connectivity index (χ3n) is 2.95. The number of nitrogens with two attached hydrogens (primary N) is 1. The van der Waals surface area contributed by atoms with Crippen LogP contribution in [0.4, 0.5) is 5.69 Å². The van der Waals surface area contributed by atoms with E-state index in [0.29, 0.717) is 5.92 Å². The fourth-order valence-electron chi connectivity index (χ4n) is 2.00. The molecule has 0 saturated heterocycles. The Morgan fingerprint density at radius 1 is 1.31 bits per heavy atom. The van der Waals surface area contributed by atoms with E-state index in [0.717, 1.165) is 11.4 Å². The maximum absolute atomic E-state index is 5.83. The van der Waals surface area contributed by atoms with Crippen LogP contribution in [0.5, 0.6) is 0 Å². The number of rotatable bonds is 2. The van der Waals surface area contributed by atoms with Crippen molar-refractivity contribution in [3.8, 4) is 5.69 Å². The molecule has 0 atom stereocenters. The molecular formula is C13H15N3. The van der Waals surface area contributed by atoms with Crippen LogP contribution in [-0.4, -0.2) is 9.78 Å². The lowest BCUT2D eigenvalue weighted by atomic mass is 10.2. The highest BCUT2D eigenvalue weighted by Gasteiger charge is 2.25. The van der Waals surface area contributed by atoms with E-state index >= 15 is 0 Å². The van der Waals surface area contributed by atoms with Gasteiger partial charge >= 0.3 is 0 Å². The van der Waals surface area contributed by atoms with Crippen molar-refractivity contribution in [2.45, 2.75) is 25.7 Å². The van der Waals surface area contributed by atoms with Crippen molar-refractivity contribution >= 4 is 5.69 Å². The minimum Gasteiger partial charge on any atom is -0.399 e. The Morgan fingerprint density at radius 3 is 2.81 bits per heavy atom. The molecular weight excluding hydrogens is 198 g/mol. The third kappa shape index (κ3) is 1.69. The van der Waals surface area contributed by atoms with Crippen molar-refractivity contribution in [2.24, 2.45) is 0 Å². The highest BCUT2D eigenvalue weighted by Crippen LogP contribution is 2.39. The fraction of sp³-hybridized carbons (Fsp3) is 0.308. The van der Waals surface area contributed by atoms with E-state index < -0.39 is 0 Å². The van der Waals surface area contributed by atoms with Crippen molar-refractivity contribution in [2.75, 3.05) is 5.73 Å². The maximum Gasteiger partial charge on any atom is 0.0668 e. The van der Waals surface area contributed by atoms with Crippen LogP contribution in [0.2, 0.25) is 0 Å². The molecule has 1 heterocycles. The predicted molar refractivity (Wildman–Crippen MR) is 64.7 cm³/mol. The molecule has 2 N–H and O–H groups in total. The molecule has 3 heteroatoms. The molecule has 1 aromatic heterocycles. The minimum atomic E-state index is 0.698.